The second-order valence-electron chi connectivity index (χ2n) is 6.61. The van der Waals surface area contributed by atoms with Crippen molar-refractivity contribution < 1.29 is 14.6 Å². The quantitative estimate of drug-likeness (QED) is 0.609. The molecule has 1 atom stereocenters. The fourth-order valence-corrected chi connectivity index (χ4v) is 4.19. The van der Waals surface area contributed by atoms with Crippen molar-refractivity contribution in [3.63, 3.8) is 0 Å². The molecule has 0 bridgehead atoms. The Morgan fingerprint density at radius 1 is 1.27 bits per heavy atom. The van der Waals surface area contributed by atoms with Gasteiger partial charge in [-0.25, -0.2) is 0 Å². The zero-order chi connectivity index (χ0) is 18.5. The maximum atomic E-state index is 13.0. The number of phenolic OH excluding ortho intramolecular Hbond substituents is 1. The third-order valence-electron chi connectivity index (χ3n) is 4.95. The SMILES string of the molecule is COc1cccc(CN2CCC[C@H](C(=O)c3ccccc3SC)C2)c1O. The van der Waals surface area contributed by atoms with Gasteiger partial charge in [0.05, 0.1) is 7.11 Å². The third kappa shape index (κ3) is 4.05. The number of rotatable bonds is 6. The maximum Gasteiger partial charge on any atom is 0.168 e. The molecule has 1 N–H and O–H groups in total. The van der Waals surface area contributed by atoms with Gasteiger partial charge in [-0.2, -0.15) is 0 Å². The number of hydrogen-bond donors (Lipinski definition) is 1. The molecule has 26 heavy (non-hydrogen) atoms. The second kappa shape index (κ2) is 8.60. The highest BCUT2D eigenvalue weighted by atomic mass is 32.2. The van der Waals surface area contributed by atoms with Crippen molar-refractivity contribution in [2.45, 2.75) is 24.3 Å². The first-order valence-corrected chi connectivity index (χ1v) is 10.1. The van der Waals surface area contributed by atoms with Gasteiger partial charge in [-0.1, -0.05) is 30.3 Å². The van der Waals surface area contributed by atoms with E-state index in [1.165, 1.54) is 0 Å². The third-order valence-corrected chi connectivity index (χ3v) is 5.74. The van der Waals surface area contributed by atoms with E-state index in [0.29, 0.717) is 12.3 Å². The summed E-state index contributed by atoms with van der Waals surface area (Å²) in [5, 5.41) is 10.3. The normalized spacial score (nSPS) is 17.8. The van der Waals surface area contributed by atoms with Crippen molar-refractivity contribution in [3.8, 4) is 11.5 Å². The number of para-hydroxylation sites is 1. The molecule has 1 heterocycles. The number of methoxy groups -OCH3 is 1. The van der Waals surface area contributed by atoms with Gasteiger partial charge in [0.15, 0.2) is 17.3 Å². The molecule has 0 saturated carbocycles. The minimum atomic E-state index is 0.00445. The first-order chi connectivity index (χ1) is 12.6. The first kappa shape index (κ1) is 18.8. The summed E-state index contributed by atoms with van der Waals surface area (Å²) in [6.07, 6.45) is 3.91. The lowest BCUT2D eigenvalue weighted by Crippen LogP contribution is -2.38. The largest absolute Gasteiger partial charge is 0.504 e. The zero-order valence-electron chi connectivity index (χ0n) is 15.3. The number of nitrogens with zero attached hydrogens (tertiary/aromatic N) is 1. The summed E-state index contributed by atoms with van der Waals surface area (Å²) in [6.45, 7) is 2.28. The van der Waals surface area contributed by atoms with Crippen LogP contribution in [0, 0.1) is 5.92 Å². The van der Waals surface area contributed by atoms with Crippen molar-refractivity contribution in [1.29, 1.82) is 0 Å². The minimum absolute atomic E-state index is 0.00445. The number of Topliss-reactive ketones (excluding diaryl/α,β-unsaturated/α-hetero) is 1. The standard InChI is InChI=1S/C21H25NO3S/c1-25-18-10-5-7-16(21(18)24)14-22-12-6-8-15(13-22)20(23)17-9-3-4-11-19(17)26-2/h3-5,7,9-11,15,24H,6,8,12-14H2,1-2H3/t15-/m0/s1. The highest BCUT2D eigenvalue weighted by molar-refractivity contribution is 7.98. The minimum Gasteiger partial charge on any atom is -0.504 e. The van der Waals surface area contributed by atoms with Crippen LogP contribution in [-0.2, 0) is 6.54 Å². The molecule has 1 fully saturated rings. The molecule has 0 aromatic heterocycles. The maximum absolute atomic E-state index is 13.0. The Hall–Kier alpha value is -1.98. The van der Waals surface area contributed by atoms with Crippen molar-refractivity contribution in [1.82, 2.24) is 4.90 Å². The van der Waals surface area contributed by atoms with Crippen LogP contribution in [0.15, 0.2) is 47.4 Å². The summed E-state index contributed by atoms with van der Waals surface area (Å²) >= 11 is 1.62. The lowest BCUT2D eigenvalue weighted by Gasteiger charge is -2.32. The van der Waals surface area contributed by atoms with Crippen LogP contribution in [0.1, 0.15) is 28.8 Å². The number of likely N-dealkylation sites (tertiary alicyclic amines) is 1. The molecule has 138 valence electrons. The van der Waals surface area contributed by atoms with E-state index in [-0.39, 0.29) is 17.5 Å². The van der Waals surface area contributed by atoms with Crippen LogP contribution >= 0.6 is 11.8 Å². The van der Waals surface area contributed by atoms with Crippen LogP contribution in [0.25, 0.3) is 0 Å². The van der Waals surface area contributed by atoms with Gasteiger partial charge in [-0.15, -0.1) is 11.8 Å². The fraction of sp³-hybridized carbons (Fsp3) is 0.381. The molecular formula is C21H25NO3S. The number of phenols is 1. The number of ketones is 1. The van der Waals surface area contributed by atoms with Crippen molar-refractivity contribution in [2.75, 3.05) is 26.5 Å². The predicted octanol–water partition coefficient (Wildman–Crippen LogP) is 4.22. The number of ether oxygens (including phenoxy) is 1. The Kier molecular flexibility index (Phi) is 6.22. The molecule has 1 aliphatic rings. The van der Waals surface area contributed by atoms with Crippen LogP contribution < -0.4 is 4.74 Å². The number of benzene rings is 2. The molecule has 1 saturated heterocycles. The molecule has 3 rings (SSSR count). The summed E-state index contributed by atoms with van der Waals surface area (Å²) in [6, 6.07) is 13.4. The van der Waals surface area contributed by atoms with Crippen LogP contribution in [0.2, 0.25) is 0 Å². The van der Waals surface area contributed by atoms with Gasteiger partial charge in [0.25, 0.3) is 0 Å². The van der Waals surface area contributed by atoms with Crippen molar-refractivity contribution >= 4 is 17.5 Å². The Bertz CT molecular complexity index is 778. The van der Waals surface area contributed by atoms with E-state index in [1.807, 2.05) is 42.7 Å². The summed E-state index contributed by atoms with van der Waals surface area (Å²) in [7, 11) is 1.55. The van der Waals surface area contributed by atoms with E-state index in [9.17, 15) is 9.90 Å². The van der Waals surface area contributed by atoms with Crippen LogP contribution in [0.5, 0.6) is 11.5 Å². The van der Waals surface area contributed by atoms with Crippen molar-refractivity contribution in [2.24, 2.45) is 5.92 Å². The Balaban J connectivity index is 1.72. The van der Waals surface area contributed by atoms with E-state index in [1.54, 1.807) is 24.9 Å². The summed E-state index contributed by atoms with van der Waals surface area (Å²) in [5.74, 6) is 0.913. The van der Waals surface area contributed by atoms with Crippen LogP contribution in [0.3, 0.4) is 0 Å². The Labute approximate surface area is 159 Å². The van der Waals surface area contributed by atoms with Gasteiger partial charge in [0, 0.05) is 35.0 Å². The van der Waals surface area contributed by atoms with E-state index < -0.39 is 0 Å². The summed E-state index contributed by atoms with van der Waals surface area (Å²) in [4.78, 5) is 16.3. The van der Waals surface area contributed by atoms with E-state index in [2.05, 4.69) is 4.90 Å². The van der Waals surface area contributed by atoms with E-state index in [0.717, 1.165) is 42.0 Å². The molecular weight excluding hydrogens is 346 g/mol. The Morgan fingerprint density at radius 2 is 2.08 bits per heavy atom. The van der Waals surface area contributed by atoms with Crippen LogP contribution in [0.4, 0.5) is 0 Å². The van der Waals surface area contributed by atoms with Crippen LogP contribution in [-0.4, -0.2) is 42.2 Å². The number of carbonyl (C=O) groups is 1. The first-order valence-electron chi connectivity index (χ1n) is 8.88. The number of thioether (sulfide) groups is 1. The average molecular weight is 372 g/mol. The molecule has 1 aliphatic heterocycles. The molecule has 5 heteroatoms. The molecule has 2 aromatic rings. The van der Waals surface area contributed by atoms with E-state index >= 15 is 0 Å². The molecule has 4 nitrogen and oxygen atoms in total. The van der Waals surface area contributed by atoms with Gasteiger partial charge in [0.1, 0.15) is 0 Å². The molecule has 2 aromatic carbocycles. The van der Waals surface area contributed by atoms with Gasteiger partial charge < -0.3 is 9.84 Å². The number of hydrogen-bond acceptors (Lipinski definition) is 5. The van der Waals surface area contributed by atoms with Crippen molar-refractivity contribution in [3.05, 3.63) is 53.6 Å². The predicted molar refractivity (Wildman–Crippen MR) is 105 cm³/mol. The highest BCUT2D eigenvalue weighted by Gasteiger charge is 2.28. The molecule has 0 aliphatic carbocycles. The van der Waals surface area contributed by atoms with Gasteiger partial charge in [-0.05, 0) is 37.8 Å². The fourth-order valence-electron chi connectivity index (χ4n) is 3.58. The molecule has 0 spiro atoms. The number of aromatic hydroxyl groups is 1. The Morgan fingerprint density at radius 3 is 2.85 bits per heavy atom. The number of piperidine rings is 1. The number of carbonyl (C=O) groups excluding carboxylic acids is 1. The highest BCUT2D eigenvalue weighted by Crippen LogP contribution is 2.32. The molecule has 0 amide bonds. The lowest BCUT2D eigenvalue weighted by molar-refractivity contribution is 0.0807. The summed E-state index contributed by atoms with van der Waals surface area (Å²) < 4.78 is 5.19. The smallest absolute Gasteiger partial charge is 0.168 e. The lowest BCUT2D eigenvalue weighted by atomic mass is 9.89. The van der Waals surface area contributed by atoms with E-state index in [4.69, 9.17) is 4.74 Å². The topological polar surface area (TPSA) is 49.8 Å². The molecule has 0 radical (unpaired) electrons. The second-order valence-corrected chi connectivity index (χ2v) is 7.45. The van der Waals surface area contributed by atoms with Gasteiger partial charge in [0.2, 0.25) is 0 Å². The summed E-state index contributed by atoms with van der Waals surface area (Å²) in [5.41, 5.74) is 1.66. The average Bonchev–Trinajstić information content (AvgIpc) is 2.69. The van der Waals surface area contributed by atoms with Gasteiger partial charge in [-0.3, -0.25) is 9.69 Å². The zero-order valence-corrected chi connectivity index (χ0v) is 16.1. The monoisotopic (exact) mass is 371 g/mol. The molecule has 0 unspecified atom stereocenters. The van der Waals surface area contributed by atoms with Gasteiger partial charge >= 0.3 is 0 Å².